The number of benzene rings is 9. The smallest absolute Gasteiger partial charge is 0.134 e. The topological polar surface area (TPSA) is 12.5 Å². The first-order valence-corrected chi connectivity index (χ1v) is 20.3. The van der Waals surface area contributed by atoms with Crippen molar-refractivity contribution in [2.75, 3.05) is 4.90 Å². The van der Waals surface area contributed by atoms with Crippen LogP contribution in [-0.4, -0.2) is 0 Å². The molecule has 2 heteroatoms. The highest BCUT2D eigenvalue weighted by atomic mass is 16.5. The summed E-state index contributed by atoms with van der Waals surface area (Å²) < 4.78 is 7.06. The summed E-state index contributed by atoms with van der Waals surface area (Å²) in [5.41, 5.74) is 17.7. The van der Waals surface area contributed by atoms with Crippen molar-refractivity contribution in [3.05, 3.63) is 234 Å². The maximum absolute atomic E-state index is 7.06. The highest BCUT2D eigenvalue weighted by Crippen LogP contribution is 2.63. The number of hydrogen-bond donors (Lipinski definition) is 0. The first-order chi connectivity index (χ1) is 28.5. The number of para-hydroxylation sites is 1. The molecule has 0 atom stereocenters. The Morgan fingerprint density at radius 1 is 0.397 bits per heavy atom. The number of fused-ring (bicyclic) bond motifs is 13. The molecule has 0 bridgehead atoms. The van der Waals surface area contributed by atoms with E-state index in [-0.39, 0.29) is 5.41 Å². The van der Waals surface area contributed by atoms with E-state index in [2.05, 4.69) is 219 Å². The van der Waals surface area contributed by atoms with Gasteiger partial charge in [0, 0.05) is 39.5 Å². The molecule has 0 fully saturated rings. The van der Waals surface area contributed by atoms with Gasteiger partial charge in [0.2, 0.25) is 0 Å². The molecule has 3 aliphatic rings. The monoisotopic (exact) mass is 741 g/mol. The van der Waals surface area contributed by atoms with Crippen LogP contribution in [0.1, 0.15) is 47.2 Å². The summed E-state index contributed by atoms with van der Waals surface area (Å²) in [4.78, 5) is 2.46. The second-order valence-electron chi connectivity index (χ2n) is 16.4. The molecule has 274 valence electrons. The average Bonchev–Trinajstić information content (AvgIpc) is 3.69. The fourth-order valence-corrected chi connectivity index (χ4v) is 10.6. The molecule has 0 saturated heterocycles. The van der Waals surface area contributed by atoms with Gasteiger partial charge >= 0.3 is 0 Å². The third-order valence-corrected chi connectivity index (χ3v) is 13.1. The zero-order valence-corrected chi connectivity index (χ0v) is 32.4. The molecule has 0 aromatic heterocycles. The van der Waals surface area contributed by atoms with Crippen molar-refractivity contribution in [3.63, 3.8) is 0 Å². The van der Waals surface area contributed by atoms with Crippen LogP contribution in [0.5, 0.6) is 11.5 Å². The van der Waals surface area contributed by atoms with E-state index in [1.54, 1.807) is 0 Å². The standard InChI is InChI=1S/C56H39NO/c1-55(2)45-23-11-8-20-41(45)44-31-29-38(34-50(44)55)57(51-33-28-36-16-6-7-19-40(36)54(51)37-17-4-3-5-18-37)39-30-32-49-53(35-39)58-52-27-15-14-26-48(52)56(49)46-24-12-9-21-42(46)43-22-10-13-25-47(43)56/h3-35H,1-2H3. The molecule has 1 spiro atoms. The number of anilines is 3. The summed E-state index contributed by atoms with van der Waals surface area (Å²) in [7, 11) is 0. The summed E-state index contributed by atoms with van der Waals surface area (Å²) in [6.07, 6.45) is 0. The third kappa shape index (κ3) is 4.43. The minimum absolute atomic E-state index is 0.155. The normalized spacial score (nSPS) is 14.4. The number of hydrogen-bond acceptors (Lipinski definition) is 2. The first-order valence-electron chi connectivity index (χ1n) is 20.3. The molecular weight excluding hydrogens is 703 g/mol. The van der Waals surface area contributed by atoms with E-state index in [0.29, 0.717) is 0 Å². The molecule has 0 unspecified atom stereocenters. The molecule has 0 saturated carbocycles. The Kier molecular flexibility index (Phi) is 6.93. The highest BCUT2D eigenvalue weighted by Gasteiger charge is 2.51. The van der Waals surface area contributed by atoms with Crippen molar-refractivity contribution in [1.82, 2.24) is 0 Å². The van der Waals surface area contributed by atoms with Crippen LogP contribution in [0.4, 0.5) is 17.1 Å². The Bertz CT molecular complexity index is 3090. The Morgan fingerprint density at radius 2 is 0.948 bits per heavy atom. The van der Waals surface area contributed by atoms with Gasteiger partial charge in [0.15, 0.2) is 0 Å². The second-order valence-corrected chi connectivity index (χ2v) is 16.4. The van der Waals surface area contributed by atoms with Gasteiger partial charge in [0.25, 0.3) is 0 Å². The Balaban J connectivity index is 1.14. The van der Waals surface area contributed by atoms with Gasteiger partial charge < -0.3 is 9.64 Å². The Morgan fingerprint density at radius 3 is 1.71 bits per heavy atom. The molecular formula is C56H39NO. The van der Waals surface area contributed by atoms with Crippen LogP contribution in [0.15, 0.2) is 200 Å². The van der Waals surface area contributed by atoms with E-state index in [1.807, 2.05) is 0 Å². The molecule has 2 aliphatic carbocycles. The minimum atomic E-state index is -0.526. The van der Waals surface area contributed by atoms with Crippen molar-refractivity contribution >= 4 is 27.8 Å². The fraction of sp³-hybridized carbons (Fsp3) is 0.0714. The molecule has 0 amide bonds. The minimum Gasteiger partial charge on any atom is -0.457 e. The SMILES string of the molecule is CC1(C)c2ccccc2-c2ccc(N(c3ccc4c(c3)Oc3ccccc3C43c4ccccc4-c4ccccc43)c3ccc4ccccc4c3-c3ccccc3)cc21. The van der Waals surface area contributed by atoms with Gasteiger partial charge in [-0.2, -0.15) is 0 Å². The molecule has 2 nitrogen and oxygen atoms in total. The summed E-state index contributed by atoms with van der Waals surface area (Å²) >= 11 is 0. The van der Waals surface area contributed by atoms with Crippen LogP contribution in [0.25, 0.3) is 44.2 Å². The molecule has 9 aromatic rings. The van der Waals surface area contributed by atoms with Gasteiger partial charge in [0.1, 0.15) is 11.5 Å². The van der Waals surface area contributed by atoms with E-state index in [0.717, 1.165) is 34.1 Å². The molecule has 58 heavy (non-hydrogen) atoms. The van der Waals surface area contributed by atoms with E-state index in [4.69, 9.17) is 4.74 Å². The quantitative estimate of drug-likeness (QED) is 0.178. The summed E-state index contributed by atoms with van der Waals surface area (Å²) in [6.45, 7) is 4.72. The van der Waals surface area contributed by atoms with E-state index >= 15 is 0 Å². The van der Waals surface area contributed by atoms with Crippen LogP contribution in [0.2, 0.25) is 0 Å². The van der Waals surface area contributed by atoms with Crippen LogP contribution in [0, 0.1) is 0 Å². The first kappa shape index (κ1) is 33.0. The van der Waals surface area contributed by atoms with Gasteiger partial charge in [-0.05, 0) is 91.2 Å². The van der Waals surface area contributed by atoms with Crippen LogP contribution in [0.3, 0.4) is 0 Å². The van der Waals surface area contributed by atoms with E-state index in [1.165, 1.54) is 72.0 Å². The zero-order chi connectivity index (χ0) is 38.6. The van der Waals surface area contributed by atoms with Crippen molar-refractivity contribution in [2.24, 2.45) is 0 Å². The number of nitrogens with zero attached hydrogens (tertiary/aromatic N) is 1. The maximum atomic E-state index is 7.06. The predicted molar refractivity (Wildman–Crippen MR) is 239 cm³/mol. The van der Waals surface area contributed by atoms with Gasteiger partial charge in [-0.15, -0.1) is 0 Å². The Labute approximate surface area is 339 Å². The van der Waals surface area contributed by atoms with Gasteiger partial charge in [-0.25, -0.2) is 0 Å². The molecule has 1 heterocycles. The average molecular weight is 742 g/mol. The molecule has 0 N–H and O–H groups in total. The molecule has 0 radical (unpaired) electrons. The summed E-state index contributed by atoms with van der Waals surface area (Å²) in [6, 6.07) is 73.5. The molecule has 9 aromatic carbocycles. The van der Waals surface area contributed by atoms with Gasteiger partial charge in [-0.1, -0.05) is 178 Å². The molecule has 1 aliphatic heterocycles. The highest BCUT2D eigenvalue weighted by molar-refractivity contribution is 6.05. The second kappa shape index (κ2) is 12.2. The fourth-order valence-electron chi connectivity index (χ4n) is 10.6. The van der Waals surface area contributed by atoms with Crippen LogP contribution >= 0.6 is 0 Å². The van der Waals surface area contributed by atoms with Crippen molar-refractivity contribution in [2.45, 2.75) is 24.7 Å². The lowest BCUT2D eigenvalue weighted by Gasteiger charge is -2.40. The largest absolute Gasteiger partial charge is 0.457 e. The number of rotatable bonds is 4. The van der Waals surface area contributed by atoms with Crippen molar-refractivity contribution in [3.8, 4) is 44.9 Å². The third-order valence-electron chi connectivity index (χ3n) is 13.1. The lowest BCUT2D eigenvalue weighted by atomic mass is 9.66. The van der Waals surface area contributed by atoms with Gasteiger partial charge in [-0.3, -0.25) is 0 Å². The van der Waals surface area contributed by atoms with Crippen LogP contribution in [-0.2, 0) is 10.8 Å². The predicted octanol–water partition coefficient (Wildman–Crippen LogP) is 14.8. The number of ether oxygens (including phenoxy) is 1. The zero-order valence-electron chi connectivity index (χ0n) is 32.4. The summed E-state index contributed by atoms with van der Waals surface area (Å²) in [5, 5.41) is 2.42. The molecule has 12 rings (SSSR count). The van der Waals surface area contributed by atoms with Crippen molar-refractivity contribution in [1.29, 1.82) is 0 Å². The lowest BCUT2D eigenvalue weighted by Crippen LogP contribution is -2.32. The van der Waals surface area contributed by atoms with Crippen LogP contribution < -0.4 is 9.64 Å². The summed E-state index contributed by atoms with van der Waals surface area (Å²) in [5.74, 6) is 1.75. The Hall–Kier alpha value is -7.16. The van der Waals surface area contributed by atoms with E-state index in [9.17, 15) is 0 Å². The maximum Gasteiger partial charge on any atom is 0.134 e. The lowest BCUT2D eigenvalue weighted by molar-refractivity contribution is 0.436. The van der Waals surface area contributed by atoms with Gasteiger partial charge in [0.05, 0.1) is 11.1 Å². The van der Waals surface area contributed by atoms with E-state index < -0.39 is 5.41 Å². The van der Waals surface area contributed by atoms with Crippen molar-refractivity contribution < 1.29 is 4.74 Å².